The van der Waals surface area contributed by atoms with Gasteiger partial charge in [-0.25, -0.2) is 9.97 Å². The molecule has 2 aliphatic rings. The van der Waals surface area contributed by atoms with E-state index in [2.05, 4.69) is 47.9 Å². The van der Waals surface area contributed by atoms with E-state index in [4.69, 9.17) is 9.97 Å². The minimum Gasteiger partial charge on any atom is -0.338 e. The van der Waals surface area contributed by atoms with E-state index in [1.807, 2.05) is 6.92 Å². The molecule has 1 atom stereocenters. The van der Waals surface area contributed by atoms with E-state index < -0.39 is 0 Å². The largest absolute Gasteiger partial charge is 0.338 e. The number of piperazine rings is 1. The Morgan fingerprint density at radius 1 is 1.00 bits per heavy atom. The van der Waals surface area contributed by atoms with Crippen LogP contribution in [0, 0.1) is 13.8 Å². The van der Waals surface area contributed by atoms with Crippen LogP contribution in [0.3, 0.4) is 0 Å². The van der Waals surface area contributed by atoms with E-state index in [0.717, 1.165) is 62.0 Å². The Kier molecular flexibility index (Phi) is 4.96. The van der Waals surface area contributed by atoms with Crippen LogP contribution in [0.1, 0.15) is 52.1 Å². The molecule has 2 aromatic rings. The van der Waals surface area contributed by atoms with E-state index in [1.54, 1.807) is 0 Å². The van der Waals surface area contributed by atoms with Crippen LogP contribution in [-0.2, 0) is 6.42 Å². The van der Waals surface area contributed by atoms with Crippen molar-refractivity contribution in [1.82, 2.24) is 14.9 Å². The van der Waals surface area contributed by atoms with Gasteiger partial charge < -0.3 is 9.80 Å². The molecule has 1 fully saturated rings. The number of benzene rings is 1. The fraction of sp³-hybridized carbons (Fsp3) is 0.500. The van der Waals surface area contributed by atoms with Gasteiger partial charge in [-0.3, -0.25) is 4.79 Å². The number of aromatic nitrogens is 2. The average molecular weight is 364 g/mol. The lowest BCUT2D eigenvalue weighted by Gasteiger charge is -2.35. The fourth-order valence-electron chi connectivity index (χ4n) is 4.24. The van der Waals surface area contributed by atoms with Crippen molar-refractivity contribution in [1.29, 1.82) is 0 Å². The molecule has 1 saturated heterocycles. The van der Waals surface area contributed by atoms with Crippen molar-refractivity contribution < 1.29 is 4.79 Å². The predicted molar refractivity (Wildman–Crippen MR) is 108 cm³/mol. The van der Waals surface area contributed by atoms with Crippen LogP contribution in [0.25, 0.3) is 0 Å². The minimum atomic E-state index is 0.182. The van der Waals surface area contributed by atoms with Crippen LogP contribution in [-0.4, -0.2) is 53.4 Å². The van der Waals surface area contributed by atoms with E-state index in [0.29, 0.717) is 6.42 Å². The number of hydrogen-bond acceptors (Lipinski definition) is 5. The number of nitrogens with zero attached hydrogens (tertiary/aromatic N) is 4. The summed E-state index contributed by atoms with van der Waals surface area (Å²) >= 11 is 0. The Hall–Kier alpha value is -2.27. The standard InChI is InChI=1S/C22H28N4O/c1-4-25-9-11-26(12-10-25)22-23-16(3)21-19(24-22)13-18(14-20(21)27)17-7-5-15(2)6-8-17/h5-8,18H,4,9-14H2,1-3H3/t18-/m1/s1. The van der Waals surface area contributed by atoms with E-state index in [1.165, 1.54) is 11.1 Å². The zero-order valence-electron chi connectivity index (χ0n) is 16.5. The maximum atomic E-state index is 12.8. The first-order valence-corrected chi connectivity index (χ1v) is 9.99. The van der Waals surface area contributed by atoms with Gasteiger partial charge in [0.05, 0.1) is 17.0 Å². The SMILES string of the molecule is CCN1CCN(c2nc(C)c3c(n2)C[C@@H](c2ccc(C)cc2)CC3=O)CC1. The summed E-state index contributed by atoms with van der Waals surface area (Å²) in [6, 6.07) is 8.55. The molecule has 0 bridgehead atoms. The van der Waals surface area contributed by atoms with Crippen molar-refractivity contribution >= 4 is 11.7 Å². The molecule has 4 rings (SSSR count). The molecule has 1 aliphatic heterocycles. The lowest BCUT2D eigenvalue weighted by Crippen LogP contribution is -2.47. The fourth-order valence-corrected chi connectivity index (χ4v) is 4.24. The van der Waals surface area contributed by atoms with Crippen molar-refractivity contribution in [2.24, 2.45) is 0 Å². The van der Waals surface area contributed by atoms with Gasteiger partial charge in [-0.05, 0) is 38.3 Å². The maximum absolute atomic E-state index is 12.8. The summed E-state index contributed by atoms with van der Waals surface area (Å²) in [5.74, 6) is 1.19. The minimum absolute atomic E-state index is 0.182. The van der Waals surface area contributed by atoms with Gasteiger partial charge in [0, 0.05) is 32.6 Å². The molecule has 5 nitrogen and oxygen atoms in total. The lowest BCUT2D eigenvalue weighted by atomic mass is 9.81. The van der Waals surface area contributed by atoms with E-state index in [-0.39, 0.29) is 11.7 Å². The first-order valence-electron chi connectivity index (χ1n) is 9.99. The summed E-state index contributed by atoms with van der Waals surface area (Å²) in [4.78, 5) is 27.1. The first kappa shape index (κ1) is 18.1. The molecule has 0 radical (unpaired) electrons. The highest BCUT2D eigenvalue weighted by molar-refractivity contribution is 5.99. The van der Waals surface area contributed by atoms with Crippen molar-refractivity contribution in [2.45, 2.75) is 39.5 Å². The molecule has 0 spiro atoms. The molecule has 1 aromatic heterocycles. The highest BCUT2D eigenvalue weighted by Crippen LogP contribution is 2.34. The zero-order valence-corrected chi connectivity index (χ0v) is 16.5. The van der Waals surface area contributed by atoms with Crippen LogP contribution in [0.5, 0.6) is 0 Å². The summed E-state index contributed by atoms with van der Waals surface area (Å²) in [7, 11) is 0. The second-order valence-electron chi connectivity index (χ2n) is 7.79. The third-order valence-corrected chi connectivity index (χ3v) is 5.95. The van der Waals surface area contributed by atoms with Crippen molar-refractivity contribution in [3.05, 3.63) is 52.3 Å². The van der Waals surface area contributed by atoms with Crippen LogP contribution in [0.4, 0.5) is 5.95 Å². The summed E-state index contributed by atoms with van der Waals surface area (Å²) in [6.45, 7) is 11.3. The van der Waals surface area contributed by atoms with Gasteiger partial charge in [0.25, 0.3) is 0 Å². The number of fused-ring (bicyclic) bond motifs is 1. The normalized spacial score (nSPS) is 20.6. The summed E-state index contributed by atoms with van der Waals surface area (Å²) < 4.78 is 0. The molecule has 0 N–H and O–H groups in total. The molecule has 0 saturated carbocycles. The number of anilines is 1. The van der Waals surface area contributed by atoms with Crippen molar-refractivity contribution in [2.75, 3.05) is 37.6 Å². The predicted octanol–water partition coefficient (Wildman–Crippen LogP) is 3.15. The van der Waals surface area contributed by atoms with Gasteiger partial charge in [-0.15, -0.1) is 0 Å². The topological polar surface area (TPSA) is 49.3 Å². The van der Waals surface area contributed by atoms with Gasteiger partial charge >= 0.3 is 0 Å². The van der Waals surface area contributed by atoms with Crippen molar-refractivity contribution in [3.63, 3.8) is 0 Å². The molecule has 0 amide bonds. The quantitative estimate of drug-likeness (QED) is 0.837. The van der Waals surface area contributed by atoms with Crippen molar-refractivity contribution in [3.8, 4) is 0 Å². The Morgan fingerprint density at radius 3 is 2.37 bits per heavy atom. The monoisotopic (exact) mass is 364 g/mol. The zero-order chi connectivity index (χ0) is 19.0. The second kappa shape index (κ2) is 7.39. The second-order valence-corrected chi connectivity index (χ2v) is 7.79. The van der Waals surface area contributed by atoms with Gasteiger partial charge in [0.1, 0.15) is 0 Å². The number of likely N-dealkylation sites (N-methyl/N-ethyl adjacent to an activating group) is 1. The molecule has 2 heterocycles. The first-order chi connectivity index (χ1) is 13.0. The molecular formula is C22H28N4O. The molecule has 5 heteroatoms. The van der Waals surface area contributed by atoms with Gasteiger partial charge in [0.2, 0.25) is 5.95 Å². The van der Waals surface area contributed by atoms with Gasteiger partial charge in [-0.2, -0.15) is 0 Å². The molecule has 1 aliphatic carbocycles. The Balaban J connectivity index is 1.61. The third-order valence-electron chi connectivity index (χ3n) is 5.95. The highest BCUT2D eigenvalue weighted by Gasteiger charge is 2.31. The molecule has 0 unspecified atom stereocenters. The summed E-state index contributed by atoms with van der Waals surface area (Å²) in [5.41, 5.74) is 4.99. The number of rotatable bonds is 3. The van der Waals surface area contributed by atoms with Gasteiger partial charge in [-0.1, -0.05) is 36.8 Å². The average Bonchev–Trinajstić information content (AvgIpc) is 2.68. The lowest BCUT2D eigenvalue weighted by molar-refractivity contribution is 0.0962. The number of carbonyl (C=O) groups excluding carboxylic acids is 1. The molecule has 142 valence electrons. The number of carbonyl (C=O) groups is 1. The molecule has 27 heavy (non-hydrogen) atoms. The van der Waals surface area contributed by atoms with Crippen LogP contribution >= 0.6 is 0 Å². The van der Waals surface area contributed by atoms with Crippen LogP contribution in [0.15, 0.2) is 24.3 Å². The highest BCUT2D eigenvalue weighted by atomic mass is 16.1. The Morgan fingerprint density at radius 2 is 1.70 bits per heavy atom. The molecule has 1 aromatic carbocycles. The van der Waals surface area contributed by atoms with Gasteiger partial charge in [0.15, 0.2) is 5.78 Å². The van der Waals surface area contributed by atoms with E-state index in [9.17, 15) is 4.79 Å². The number of Topliss-reactive ketones (excluding diaryl/α,β-unsaturated/α-hetero) is 1. The summed E-state index contributed by atoms with van der Waals surface area (Å²) in [5, 5.41) is 0. The van der Waals surface area contributed by atoms with Crippen LogP contribution in [0.2, 0.25) is 0 Å². The Labute approximate surface area is 161 Å². The third kappa shape index (κ3) is 3.61. The number of ketones is 1. The van der Waals surface area contributed by atoms with Crippen LogP contribution < -0.4 is 4.90 Å². The Bertz CT molecular complexity index is 838. The maximum Gasteiger partial charge on any atom is 0.225 e. The van der Waals surface area contributed by atoms with E-state index >= 15 is 0 Å². The molecular weight excluding hydrogens is 336 g/mol. The summed E-state index contributed by atoms with van der Waals surface area (Å²) in [6.07, 6.45) is 1.37. The number of hydrogen-bond donors (Lipinski definition) is 0. The number of aryl methyl sites for hydroxylation is 2. The smallest absolute Gasteiger partial charge is 0.225 e.